The highest BCUT2D eigenvalue weighted by Crippen LogP contribution is 2.20. The molecule has 2 heterocycles. The molecule has 0 unspecified atom stereocenters. The molecule has 0 aliphatic carbocycles. The molecule has 0 saturated carbocycles. The maximum atomic E-state index is 5.36. The summed E-state index contributed by atoms with van der Waals surface area (Å²) in [6.07, 6.45) is 0. The number of nitrogens with zero attached hydrogens (tertiary/aromatic N) is 3. The van der Waals surface area contributed by atoms with Gasteiger partial charge in [-0.1, -0.05) is 43.3 Å². The van der Waals surface area contributed by atoms with Gasteiger partial charge in [-0.2, -0.15) is 4.98 Å². The molecule has 1 aliphatic rings. The van der Waals surface area contributed by atoms with Crippen LogP contribution in [0.5, 0.6) is 0 Å². The highest BCUT2D eigenvalue weighted by molar-refractivity contribution is 5.54. The summed E-state index contributed by atoms with van der Waals surface area (Å²) in [7, 11) is 0. The fraction of sp³-hybridized carbons (Fsp3) is 0.500. The van der Waals surface area contributed by atoms with Gasteiger partial charge in [-0.15, -0.1) is 0 Å². The van der Waals surface area contributed by atoms with Crippen LogP contribution in [0.4, 0.5) is 0 Å². The van der Waals surface area contributed by atoms with E-state index >= 15 is 0 Å². The average molecular weight is 287 g/mol. The number of rotatable bonds is 4. The van der Waals surface area contributed by atoms with Crippen LogP contribution >= 0.6 is 0 Å². The Kier molecular flexibility index (Phi) is 4.31. The highest BCUT2D eigenvalue weighted by atomic mass is 16.5. The van der Waals surface area contributed by atoms with Gasteiger partial charge in [0.05, 0.1) is 19.8 Å². The number of aromatic nitrogens is 2. The van der Waals surface area contributed by atoms with E-state index in [1.54, 1.807) is 0 Å². The third kappa shape index (κ3) is 3.49. The Bertz CT molecular complexity index is 571. The number of benzene rings is 1. The van der Waals surface area contributed by atoms with Crippen molar-refractivity contribution in [2.45, 2.75) is 26.3 Å². The van der Waals surface area contributed by atoms with Crippen LogP contribution < -0.4 is 0 Å². The number of hydrogen-bond acceptors (Lipinski definition) is 5. The molecule has 1 saturated heterocycles. The molecule has 0 radical (unpaired) electrons. The van der Waals surface area contributed by atoms with Gasteiger partial charge in [-0.25, -0.2) is 0 Å². The normalized spacial score (nSPS) is 16.5. The van der Waals surface area contributed by atoms with E-state index in [2.05, 4.69) is 53.2 Å². The quantitative estimate of drug-likeness (QED) is 0.865. The van der Waals surface area contributed by atoms with Gasteiger partial charge in [0.1, 0.15) is 0 Å². The Morgan fingerprint density at radius 1 is 1.14 bits per heavy atom. The summed E-state index contributed by atoms with van der Waals surface area (Å²) < 4.78 is 10.7. The fourth-order valence-electron chi connectivity index (χ4n) is 2.40. The summed E-state index contributed by atoms with van der Waals surface area (Å²) in [5, 5.41) is 4.08. The zero-order valence-electron chi connectivity index (χ0n) is 12.6. The molecule has 21 heavy (non-hydrogen) atoms. The lowest BCUT2D eigenvalue weighted by atomic mass is 10.0. The van der Waals surface area contributed by atoms with E-state index in [0.717, 1.165) is 31.9 Å². The van der Waals surface area contributed by atoms with Gasteiger partial charge in [0.2, 0.25) is 11.7 Å². The first-order valence-corrected chi connectivity index (χ1v) is 7.45. The van der Waals surface area contributed by atoms with Gasteiger partial charge in [-0.3, -0.25) is 4.90 Å². The smallest absolute Gasteiger partial charge is 0.241 e. The molecule has 0 N–H and O–H groups in total. The van der Waals surface area contributed by atoms with Gasteiger partial charge in [0.25, 0.3) is 0 Å². The van der Waals surface area contributed by atoms with Crippen LogP contribution in [0.1, 0.15) is 31.2 Å². The Balaban J connectivity index is 1.69. The maximum Gasteiger partial charge on any atom is 0.241 e. The minimum Gasteiger partial charge on any atom is -0.379 e. The number of morpholine rings is 1. The maximum absolute atomic E-state index is 5.36. The van der Waals surface area contributed by atoms with Gasteiger partial charge in [0, 0.05) is 18.7 Å². The van der Waals surface area contributed by atoms with Crippen molar-refractivity contribution in [2.24, 2.45) is 0 Å². The van der Waals surface area contributed by atoms with Crippen molar-refractivity contribution in [1.29, 1.82) is 0 Å². The van der Waals surface area contributed by atoms with Crippen molar-refractivity contribution in [3.05, 3.63) is 35.7 Å². The standard InChI is InChI=1S/C16H21N3O2/c1-12(2)13-3-5-14(6-4-13)16-17-15(21-18-16)11-19-7-9-20-10-8-19/h3-6,12H,7-11H2,1-2H3. The second-order valence-electron chi connectivity index (χ2n) is 5.68. The van der Waals surface area contributed by atoms with Crippen molar-refractivity contribution in [2.75, 3.05) is 26.3 Å². The van der Waals surface area contributed by atoms with Crippen LogP contribution in [0.15, 0.2) is 28.8 Å². The molecule has 1 aromatic heterocycles. The lowest BCUT2D eigenvalue weighted by Gasteiger charge is -2.24. The molecule has 0 amide bonds. The Hall–Kier alpha value is -1.72. The van der Waals surface area contributed by atoms with Crippen LogP contribution in [0, 0.1) is 0 Å². The van der Waals surface area contributed by atoms with Crippen LogP contribution in [0.25, 0.3) is 11.4 Å². The van der Waals surface area contributed by atoms with E-state index in [1.165, 1.54) is 5.56 Å². The van der Waals surface area contributed by atoms with Crippen molar-refractivity contribution >= 4 is 0 Å². The third-order valence-electron chi connectivity index (χ3n) is 3.77. The molecular weight excluding hydrogens is 266 g/mol. The van der Waals surface area contributed by atoms with Crippen LogP contribution in [0.2, 0.25) is 0 Å². The molecule has 1 fully saturated rings. The number of ether oxygens (including phenoxy) is 1. The second kappa shape index (κ2) is 6.37. The first kappa shape index (κ1) is 14.2. The first-order valence-electron chi connectivity index (χ1n) is 7.45. The molecule has 0 spiro atoms. The molecule has 0 bridgehead atoms. The summed E-state index contributed by atoms with van der Waals surface area (Å²) in [5.41, 5.74) is 2.31. The minimum atomic E-state index is 0.529. The molecule has 3 rings (SSSR count). The van der Waals surface area contributed by atoms with Crippen LogP contribution in [-0.4, -0.2) is 41.3 Å². The van der Waals surface area contributed by atoms with Gasteiger partial charge in [0.15, 0.2) is 0 Å². The SMILES string of the molecule is CC(C)c1ccc(-c2noc(CN3CCOCC3)n2)cc1. The topological polar surface area (TPSA) is 51.4 Å². The molecule has 112 valence electrons. The summed E-state index contributed by atoms with van der Waals surface area (Å²) >= 11 is 0. The Morgan fingerprint density at radius 2 is 1.86 bits per heavy atom. The molecular formula is C16H21N3O2. The zero-order valence-corrected chi connectivity index (χ0v) is 12.6. The van der Waals surface area contributed by atoms with Crippen molar-refractivity contribution < 1.29 is 9.26 Å². The monoisotopic (exact) mass is 287 g/mol. The molecule has 1 aromatic carbocycles. The van der Waals surface area contributed by atoms with Gasteiger partial charge in [-0.05, 0) is 11.5 Å². The fourth-order valence-corrected chi connectivity index (χ4v) is 2.40. The molecule has 5 nitrogen and oxygen atoms in total. The summed E-state index contributed by atoms with van der Waals surface area (Å²) in [4.78, 5) is 6.76. The third-order valence-corrected chi connectivity index (χ3v) is 3.77. The lowest BCUT2D eigenvalue weighted by Crippen LogP contribution is -2.35. The van der Waals surface area contributed by atoms with Crippen molar-refractivity contribution in [3.8, 4) is 11.4 Å². The van der Waals surface area contributed by atoms with Gasteiger partial charge >= 0.3 is 0 Å². The summed E-state index contributed by atoms with van der Waals surface area (Å²) in [6.45, 7) is 8.45. The first-order chi connectivity index (χ1) is 10.2. The van der Waals surface area contributed by atoms with E-state index in [1.807, 2.05) is 0 Å². The largest absolute Gasteiger partial charge is 0.379 e. The van der Waals surface area contributed by atoms with Crippen molar-refractivity contribution in [1.82, 2.24) is 15.0 Å². The van der Waals surface area contributed by atoms with Gasteiger partial charge < -0.3 is 9.26 Å². The van der Waals surface area contributed by atoms with E-state index in [0.29, 0.717) is 24.2 Å². The molecule has 2 aromatic rings. The molecule has 5 heteroatoms. The Morgan fingerprint density at radius 3 is 2.52 bits per heavy atom. The Labute approximate surface area is 124 Å². The van der Waals surface area contributed by atoms with Crippen LogP contribution in [-0.2, 0) is 11.3 Å². The minimum absolute atomic E-state index is 0.529. The molecule has 0 atom stereocenters. The zero-order chi connectivity index (χ0) is 14.7. The van der Waals surface area contributed by atoms with Crippen molar-refractivity contribution in [3.63, 3.8) is 0 Å². The van der Waals surface area contributed by atoms with E-state index in [4.69, 9.17) is 9.26 Å². The van der Waals surface area contributed by atoms with Crippen LogP contribution in [0.3, 0.4) is 0 Å². The average Bonchev–Trinajstić information content (AvgIpc) is 2.97. The highest BCUT2D eigenvalue weighted by Gasteiger charge is 2.15. The molecule has 1 aliphatic heterocycles. The number of hydrogen-bond donors (Lipinski definition) is 0. The predicted molar refractivity (Wildman–Crippen MR) is 79.9 cm³/mol. The lowest BCUT2D eigenvalue weighted by molar-refractivity contribution is 0.0297. The summed E-state index contributed by atoms with van der Waals surface area (Å²) in [6, 6.07) is 8.35. The second-order valence-corrected chi connectivity index (χ2v) is 5.68. The van der Waals surface area contributed by atoms with E-state index in [-0.39, 0.29) is 0 Å². The summed E-state index contributed by atoms with van der Waals surface area (Å²) in [5.74, 6) is 1.86. The van der Waals surface area contributed by atoms with E-state index < -0.39 is 0 Å². The van der Waals surface area contributed by atoms with E-state index in [9.17, 15) is 0 Å². The predicted octanol–water partition coefficient (Wildman–Crippen LogP) is 2.69.